The van der Waals surface area contributed by atoms with E-state index in [-0.39, 0.29) is 5.91 Å². The maximum absolute atomic E-state index is 12.2. The Morgan fingerprint density at radius 2 is 1.63 bits per heavy atom. The van der Waals surface area contributed by atoms with Crippen molar-refractivity contribution in [1.29, 1.82) is 0 Å². The molecule has 3 nitrogen and oxygen atoms in total. The zero-order chi connectivity index (χ0) is 13.2. The number of carbonyl (C=O) groups is 1. The highest BCUT2D eigenvalue weighted by atomic mass is 32.2. The molecule has 0 aromatic heterocycles. The molecule has 1 aliphatic rings. The van der Waals surface area contributed by atoms with Crippen LogP contribution in [-0.4, -0.2) is 10.1 Å². The van der Waals surface area contributed by atoms with E-state index in [1.54, 1.807) is 24.3 Å². The van der Waals surface area contributed by atoms with Crippen molar-refractivity contribution >= 4 is 28.5 Å². The molecule has 1 N–H and O–H groups in total. The summed E-state index contributed by atoms with van der Waals surface area (Å²) in [5.74, 6) is -0.319. The first-order valence-electron chi connectivity index (χ1n) is 5.84. The second kappa shape index (κ2) is 4.82. The van der Waals surface area contributed by atoms with Crippen LogP contribution in [-0.2, 0) is 15.6 Å². The summed E-state index contributed by atoms with van der Waals surface area (Å²) in [5.41, 5.74) is 1.54. The lowest BCUT2D eigenvalue weighted by molar-refractivity contribution is -0.112. The molecule has 1 heterocycles. The summed E-state index contributed by atoms with van der Waals surface area (Å²) in [5, 5.41) is 2.75. The SMILES string of the molecule is O=C(Nc1ccccc1)C1=Cc2ccccc2S1=O. The Labute approximate surface area is 113 Å². The monoisotopic (exact) mass is 269 g/mol. The van der Waals surface area contributed by atoms with E-state index >= 15 is 0 Å². The van der Waals surface area contributed by atoms with E-state index in [2.05, 4.69) is 5.32 Å². The smallest absolute Gasteiger partial charge is 0.265 e. The molecule has 1 unspecified atom stereocenters. The molecule has 19 heavy (non-hydrogen) atoms. The lowest BCUT2D eigenvalue weighted by Crippen LogP contribution is -2.15. The quantitative estimate of drug-likeness (QED) is 0.911. The number of benzene rings is 2. The number of carbonyl (C=O) groups excluding carboxylic acids is 1. The molecular weight excluding hydrogens is 258 g/mol. The molecule has 0 spiro atoms. The fourth-order valence-electron chi connectivity index (χ4n) is 1.95. The third-order valence-corrected chi connectivity index (χ3v) is 4.33. The lowest BCUT2D eigenvalue weighted by Gasteiger charge is -2.04. The van der Waals surface area contributed by atoms with Crippen LogP contribution < -0.4 is 5.32 Å². The Hall–Kier alpha value is -2.20. The maximum atomic E-state index is 12.2. The van der Waals surface area contributed by atoms with Crippen LogP contribution in [0, 0.1) is 0 Å². The van der Waals surface area contributed by atoms with E-state index in [1.165, 1.54) is 0 Å². The molecule has 0 radical (unpaired) electrons. The van der Waals surface area contributed by atoms with Crippen molar-refractivity contribution in [2.24, 2.45) is 0 Å². The van der Waals surface area contributed by atoms with Gasteiger partial charge < -0.3 is 5.32 Å². The van der Waals surface area contributed by atoms with Gasteiger partial charge in [-0.2, -0.15) is 0 Å². The molecule has 1 aliphatic heterocycles. The van der Waals surface area contributed by atoms with Crippen LogP contribution in [0.15, 0.2) is 64.4 Å². The van der Waals surface area contributed by atoms with Gasteiger partial charge in [0, 0.05) is 5.69 Å². The van der Waals surface area contributed by atoms with Crippen molar-refractivity contribution in [3.8, 4) is 0 Å². The van der Waals surface area contributed by atoms with E-state index < -0.39 is 10.8 Å². The minimum absolute atomic E-state index is 0.296. The second-order valence-corrected chi connectivity index (χ2v) is 5.55. The molecule has 1 amide bonds. The Kier molecular flexibility index (Phi) is 3.01. The van der Waals surface area contributed by atoms with Gasteiger partial charge in [0.05, 0.1) is 15.7 Å². The van der Waals surface area contributed by atoms with Crippen LogP contribution in [0.3, 0.4) is 0 Å². The van der Waals surface area contributed by atoms with Crippen LogP contribution >= 0.6 is 0 Å². The van der Waals surface area contributed by atoms with E-state index in [4.69, 9.17) is 0 Å². The first-order valence-corrected chi connectivity index (χ1v) is 6.99. The summed E-state index contributed by atoms with van der Waals surface area (Å²) in [4.78, 5) is 13.1. The fourth-order valence-corrected chi connectivity index (χ4v) is 3.18. The zero-order valence-corrected chi connectivity index (χ0v) is 10.8. The summed E-state index contributed by atoms with van der Waals surface area (Å²) in [6, 6.07) is 16.5. The Morgan fingerprint density at radius 1 is 0.947 bits per heavy atom. The normalized spacial score (nSPS) is 16.6. The lowest BCUT2D eigenvalue weighted by atomic mass is 10.2. The van der Waals surface area contributed by atoms with Crippen LogP contribution in [0.4, 0.5) is 5.69 Å². The molecule has 3 rings (SSSR count). The minimum Gasteiger partial charge on any atom is -0.321 e. The Bertz CT molecular complexity index is 692. The number of anilines is 1. The van der Waals surface area contributed by atoms with E-state index in [9.17, 15) is 9.00 Å². The molecule has 0 saturated carbocycles. The van der Waals surface area contributed by atoms with Gasteiger partial charge >= 0.3 is 0 Å². The zero-order valence-electron chi connectivity index (χ0n) is 10.00. The number of hydrogen-bond donors (Lipinski definition) is 1. The van der Waals surface area contributed by atoms with Crippen LogP contribution in [0.25, 0.3) is 6.08 Å². The van der Waals surface area contributed by atoms with Crippen molar-refractivity contribution in [2.45, 2.75) is 4.90 Å². The van der Waals surface area contributed by atoms with Crippen molar-refractivity contribution in [1.82, 2.24) is 0 Å². The van der Waals surface area contributed by atoms with Crippen molar-refractivity contribution < 1.29 is 9.00 Å². The third-order valence-electron chi connectivity index (χ3n) is 2.86. The van der Waals surface area contributed by atoms with E-state index in [0.717, 1.165) is 5.56 Å². The maximum Gasteiger partial charge on any atom is 0.265 e. The van der Waals surface area contributed by atoms with Crippen molar-refractivity contribution in [2.75, 3.05) is 5.32 Å². The average molecular weight is 269 g/mol. The van der Waals surface area contributed by atoms with Gasteiger partial charge in [-0.25, -0.2) is 4.21 Å². The molecule has 0 aliphatic carbocycles. The Morgan fingerprint density at radius 3 is 2.37 bits per heavy atom. The predicted octanol–water partition coefficient (Wildman–Crippen LogP) is 2.79. The summed E-state index contributed by atoms with van der Waals surface area (Å²) < 4.78 is 12.2. The van der Waals surface area contributed by atoms with E-state index in [1.807, 2.05) is 36.4 Å². The highest BCUT2D eigenvalue weighted by molar-refractivity contribution is 7.90. The summed E-state index contributed by atoms with van der Waals surface area (Å²) in [6.07, 6.45) is 1.68. The molecule has 94 valence electrons. The number of para-hydroxylation sites is 1. The first-order chi connectivity index (χ1) is 9.25. The van der Waals surface area contributed by atoms with Crippen LogP contribution in [0.5, 0.6) is 0 Å². The van der Waals surface area contributed by atoms with E-state index in [0.29, 0.717) is 15.5 Å². The largest absolute Gasteiger partial charge is 0.321 e. The van der Waals surface area contributed by atoms with Gasteiger partial charge in [-0.3, -0.25) is 4.79 Å². The topological polar surface area (TPSA) is 46.2 Å². The minimum atomic E-state index is -1.39. The molecule has 0 fully saturated rings. The summed E-state index contributed by atoms with van der Waals surface area (Å²) in [7, 11) is -1.39. The molecule has 2 aromatic rings. The first kappa shape index (κ1) is 11.9. The van der Waals surface area contributed by atoms with Crippen LogP contribution in [0.1, 0.15) is 5.56 Å². The number of amides is 1. The molecule has 2 aromatic carbocycles. The molecule has 4 heteroatoms. The molecular formula is C15H11NO2S. The summed E-state index contributed by atoms with van der Waals surface area (Å²) in [6.45, 7) is 0. The summed E-state index contributed by atoms with van der Waals surface area (Å²) >= 11 is 0. The predicted molar refractivity (Wildman–Crippen MR) is 75.9 cm³/mol. The van der Waals surface area contributed by atoms with Gasteiger partial charge in [-0.05, 0) is 29.8 Å². The number of fused-ring (bicyclic) bond motifs is 1. The Balaban J connectivity index is 1.85. The number of rotatable bonds is 2. The fraction of sp³-hybridized carbons (Fsp3) is 0. The highest BCUT2D eigenvalue weighted by Gasteiger charge is 2.25. The van der Waals surface area contributed by atoms with Gasteiger partial charge in [0.15, 0.2) is 0 Å². The standard InChI is InChI=1S/C15H11NO2S/c17-15(16-12-7-2-1-3-8-12)14-10-11-6-4-5-9-13(11)19(14)18/h1-10H,(H,16,17). The number of hydrogen-bond acceptors (Lipinski definition) is 2. The number of nitrogens with one attached hydrogen (secondary N) is 1. The van der Waals surface area contributed by atoms with Crippen molar-refractivity contribution in [3.63, 3.8) is 0 Å². The third kappa shape index (κ3) is 2.22. The van der Waals surface area contributed by atoms with Gasteiger partial charge in [-0.15, -0.1) is 0 Å². The van der Waals surface area contributed by atoms with Crippen LogP contribution in [0.2, 0.25) is 0 Å². The highest BCUT2D eigenvalue weighted by Crippen LogP contribution is 2.29. The van der Waals surface area contributed by atoms with Gasteiger partial charge in [0.1, 0.15) is 4.91 Å². The average Bonchev–Trinajstić information content (AvgIpc) is 2.78. The molecule has 0 saturated heterocycles. The van der Waals surface area contributed by atoms with Gasteiger partial charge in [-0.1, -0.05) is 36.4 Å². The second-order valence-electron chi connectivity index (χ2n) is 4.14. The molecule has 1 atom stereocenters. The molecule has 0 bridgehead atoms. The van der Waals surface area contributed by atoms with Gasteiger partial charge in [0.2, 0.25) is 0 Å². The van der Waals surface area contributed by atoms with Gasteiger partial charge in [0.25, 0.3) is 5.91 Å². The van der Waals surface area contributed by atoms with Crippen molar-refractivity contribution in [3.05, 3.63) is 65.1 Å².